The third kappa shape index (κ3) is 3.65. The van der Waals surface area contributed by atoms with Crippen molar-refractivity contribution in [3.63, 3.8) is 0 Å². The van der Waals surface area contributed by atoms with Gasteiger partial charge >= 0.3 is 0 Å². The van der Waals surface area contributed by atoms with Crippen molar-refractivity contribution in [3.05, 3.63) is 58.6 Å². The van der Waals surface area contributed by atoms with E-state index in [1.807, 2.05) is 24.3 Å². The second kappa shape index (κ2) is 7.75. The van der Waals surface area contributed by atoms with Crippen LogP contribution in [0.3, 0.4) is 0 Å². The molecule has 0 spiro atoms. The standard InChI is InChI=1S/C20H18BrN5O3/c1-2-12-3-7-14(8-4-12)22-16(27)11-25-18-17(23-24-25)19(28)26(20(18)29)15-9-5-13(21)6-10-15/h3-10,17-18H,2,11H2,1H3,(H,22,27)/t17-,18+/m0/s1. The van der Waals surface area contributed by atoms with Crippen molar-refractivity contribution < 1.29 is 14.4 Å². The number of benzene rings is 2. The summed E-state index contributed by atoms with van der Waals surface area (Å²) in [5.41, 5.74) is 2.29. The number of nitrogens with zero attached hydrogens (tertiary/aromatic N) is 4. The van der Waals surface area contributed by atoms with Gasteiger partial charge < -0.3 is 5.32 Å². The van der Waals surface area contributed by atoms with E-state index in [-0.39, 0.29) is 12.5 Å². The number of carbonyl (C=O) groups excluding carboxylic acids is 3. The number of anilines is 2. The van der Waals surface area contributed by atoms with Gasteiger partial charge in [-0.25, -0.2) is 4.90 Å². The normalized spacial score (nSPS) is 20.3. The van der Waals surface area contributed by atoms with Gasteiger partial charge in [-0.3, -0.25) is 19.4 Å². The predicted octanol–water partition coefficient (Wildman–Crippen LogP) is 2.94. The van der Waals surface area contributed by atoms with Crippen molar-refractivity contribution >= 4 is 45.0 Å². The van der Waals surface area contributed by atoms with E-state index in [1.165, 1.54) is 10.6 Å². The number of amides is 3. The van der Waals surface area contributed by atoms with E-state index in [2.05, 4.69) is 38.5 Å². The number of imide groups is 1. The summed E-state index contributed by atoms with van der Waals surface area (Å²) < 4.78 is 0.838. The molecule has 0 saturated carbocycles. The number of nitrogens with one attached hydrogen (secondary N) is 1. The maximum absolute atomic E-state index is 12.9. The minimum Gasteiger partial charge on any atom is -0.324 e. The molecular weight excluding hydrogens is 438 g/mol. The highest BCUT2D eigenvalue weighted by atomic mass is 79.9. The Bertz CT molecular complexity index is 990. The van der Waals surface area contributed by atoms with Crippen LogP contribution in [0.2, 0.25) is 0 Å². The maximum Gasteiger partial charge on any atom is 0.263 e. The van der Waals surface area contributed by atoms with Crippen LogP contribution in [0.4, 0.5) is 11.4 Å². The van der Waals surface area contributed by atoms with E-state index >= 15 is 0 Å². The summed E-state index contributed by atoms with van der Waals surface area (Å²) in [5.74, 6) is -1.22. The molecule has 3 amide bonds. The molecule has 0 bridgehead atoms. The first-order valence-electron chi connectivity index (χ1n) is 9.17. The molecule has 4 rings (SSSR count). The van der Waals surface area contributed by atoms with E-state index < -0.39 is 23.9 Å². The minimum absolute atomic E-state index is 0.173. The third-order valence-electron chi connectivity index (χ3n) is 4.89. The van der Waals surface area contributed by atoms with E-state index in [0.717, 1.165) is 15.8 Å². The highest BCUT2D eigenvalue weighted by Gasteiger charge is 2.55. The Balaban J connectivity index is 1.45. The smallest absolute Gasteiger partial charge is 0.263 e. The summed E-state index contributed by atoms with van der Waals surface area (Å²) in [4.78, 5) is 39.1. The van der Waals surface area contributed by atoms with Crippen LogP contribution in [0.5, 0.6) is 0 Å². The van der Waals surface area contributed by atoms with Crippen LogP contribution in [0.1, 0.15) is 12.5 Å². The van der Waals surface area contributed by atoms with Crippen LogP contribution in [-0.2, 0) is 20.8 Å². The molecule has 2 aliphatic rings. The molecule has 1 saturated heterocycles. The van der Waals surface area contributed by atoms with Gasteiger partial charge in [0.1, 0.15) is 6.54 Å². The number of halogens is 1. The molecule has 2 atom stereocenters. The third-order valence-corrected chi connectivity index (χ3v) is 5.42. The first kappa shape index (κ1) is 19.3. The van der Waals surface area contributed by atoms with E-state index in [0.29, 0.717) is 11.4 Å². The van der Waals surface area contributed by atoms with Crippen LogP contribution >= 0.6 is 15.9 Å². The number of fused-ring (bicyclic) bond motifs is 1. The zero-order valence-electron chi connectivity index (χ0n) is 15.6. The zero-order chi connectivity index (χ0) is 20.5. The number of hydrogen-bond acceptors (Lipinski definition) is 6. The summed E-state index contributed by atoms with van der Waals surface area (Å²) in [6.07, 6.45) is 0.913. The molecule has 148 valence electrons. The number of hydrogen-bond donors (Lipinski definition) is 1. The van der Waals surface area contributed by atoms with Gasteiger partial charge in [0.25, 0.3) is 11.8 Å². The van der Waals surface area contributed by atoms with Crippen molar-refractivity contribution in [1.82, 2.24) is 5.01 Å². The molecule has 2 aromatic carbocycles. The SMILES string of the molecule is CCc1ccc(NC(=O)CN2N=N[C@@H]3C(=O)N(c4ccc(Br)cc4)C(=O)[C@@H]32)cc1. The molecule has 2 aromatic rings. The van der Waals surface area contributed by atoms with Crippen molar-refractivity contribution in [2.75, 3.05) is 16.8 Å². The Morgan fingerprint density at radius 1 is 1.07 bits per heavy atom. The second-order valence-electron chi connectivity index (χ2n) is 6.78. The van der Waals surface area contributed by atoms with Crippen LogP contribution in [0, 0.1) is 0 Å². The summed E-state index contributed by atoms with van der Waals surface area (Å²) in [6.45, 7) is 1.88. The largest absolute Gasteiger partial charge is 0.324 e. The molecule has 0 aliphatic carbocycles. The van der Waals surface area contributed by atoms with Gasteiger partial charge in [-0.15, -0.1) is 0 Å². The highest BCUT2D eigenvalue weighted by molar-refractivity contribution is 9.10. The lowest BCUT2D eigenvalue weighted by Gasteiger charge is -2.20. The molecule has 9 heteroatoms. The predicted molar refractivity (Wildman–Crippen MR) is 110 cm³/mol. The molecule has 2 heterocycles. The lowest BCUT2D eigenvalue weighted by molar-refractivity contribution is -0.123. The summed E-state index contributed by atoms with van der Waals surface area (Å²) in [7, 11) is 0. The molecule has 0 aromatic heterocycles. The van der Waals surface area contributed by atoms with Gasteiger partial charge in [0, 0.05) is 10.2 Å². The van der Waals surface area contributed by atoms with E-state index in [1.54, 1.807) is 24.3 Å². The summed E-state index contributed by atoms with van der Waals surface area (Å²) >= 11 is 3.33. The fourth-order valence-corrected chi connectivity index (χ4v) is 3.63. The van der Waals surface area contributed by atoms with Crippen molar-refractivity contribution in [2.45, 2.75) is 25.4 Å². The fraction of sp³-hybridized carbons (Fsp3) is 0.250. The fourth-order valence-electron chi connectivity index (χ4n) is 3.37. The van der Waals surface area contributed by atoms with Gasteiger partial charge in [0.2, 0.25) is 5.91 Å². The molecule has 29 heavy (non-hydrogen) atoms. The second-order valence-corrected chi connectivity index (χ2v) is 7.69. The van der Waals surface area contributed by atoms with Crippen molar-refractivity contribution in [1.29, 1.82) is 0 Å². The molecule has 0 unspecified atom stereocenters. The maximum atomic E-state index is 12.9. The Morgan fingerprint density at radius 2 is 1.76 bits per heavy atom. The average Bonchev–Trinajstić information content (AvgIpc) is 3.23. The van der Waals surface area contributed by atoms with Gasteiger partial charge in [-0.2, -0.15) is 5.11 Å². The monoisotopic (exact) mass is 455 g/mol. The summed E-state index contributed by atoms with van der Waals surface area (Å²) in [6, 6.07) is 12.6. The lowest BCUT2D eigenvalue weighted by atomic mass is 10.1. The Kier molecular flexibility index (Phi) is 5.14. The van der Waals surface area contributed by atoms with Gasteiger partial charge in [0.15, 0.2) is 12.1 Å². The average molecular weight is 456 g/mol. The van der Waals surface area contributed by atoms with Crippen molar-refractivity contribution in [2.24, 2.45) is 10.3 Å². The van der Waals surface area contributed by atoms with Crippen molar-refractivity contribution in [3.8, 4) is 0 Å². The van der Waals surface area contributed by atoms with Gasteiger partial charge in [-0.05, 0) is 48.4 Å². The Labute approximate surface area is 175 Å². The summed E-state index contributed by atoms with van der Waals surface area (Å²) in [5, 5.41) is 11.9. The van der Waals surface area contributed by atoms with Crippen LogP contribution in [-0.4, -0.2) is 41.4 Å². The highest BCUT2D eigenvalue weighted by Crippen LogP contribution is 2.32. The van der Waals surface area contributed by atoms with E-state index in [4.69, 9.17) is 0 Å². The molecule has 2 aliphatic heterocycles. The molecular formula is C20H18BrN5O3. The number of aryl methyl sites for hydroxylation is 1. The molecule has 1 fully saturated rings. The molecule has 0 radical (unpaired) electrons. The van der Waals surface area contributed by atoms with Crippen LogP contribution < -0.4 is 10.2 Å². The lowest BCUT2D eigenvalue weighted by Crippen LogP contribution is -2.43. The van der Waals surface area contributed by atoms with Gasteiger partial charge in [0.05, 0.1) is 5.69 Å². The zero-order valence-corrected chi connectivity index (χ0v) is 17.2. The molecule has 8 nitrogen and oxygen atoms in total. The van der Waals surface area contributed by atoms with Crippen LogP contribution in [0.25, 0.3) is 0 Å². The van der Waals surface area contributed by atoms with Crippen LogP contribution in [0.15, 0.2) is 63.3 Å². The Hall–Kier alpha value is -3.07. The number of rotatable bonds is 5. The van der Waals surface area contributed by atoms with Gasteiger partial charge in [-0.1, -0.05) is 40.2 Å². The number of carbonyl (C=O) groups is 3. The van der Waals surface area contributed by atoms with E-state index in [9.17, 15) is 14.4 Å². The quantitative estimate of drug-likeness (QED) is 0.701. The Morgan fingerprint density at radius 3 is 2.41 bits per heavy atom. The first-order valence-corrected chi connectivity index (χ1v) is 9.97. The first-order chi connectivity index (χ1) is 14.0. The topological polar surface area (TPSA) is 94.4 Å². The minimum atomic E-state index is -0.928. The molecule has 1 N–H and O–H groups in total.